The Kier molecular flexibility index (Phi) is 3.54. The van der Waals surface area contributed by atoms with Gasteiger partial charge in [0.2, 0.25) is 0 Å². The smallest absolute Gasteiger partial charge is 0.407 e. The number of nitrogens with two attached hydrogens (primary N) is 1. The molecule has 3 N–H and O–H groups in total. The van der Waals surface area contributed by atoms with Gasteiger partial charge in [0, 0.05) is 6.54 Å². The summed E-state index contributed by atoms with van der Waals surface area (Å²) >= 11 is 0. The lowest BCUT2D eigenvalue weighted by Gasteiger charge is -1.97. The van der Waals surface area contributed by atoms with Crippen LogP contribution in [0.15, 0.2) is 16.7 Å². The molecule has 0 aliphatic heterocycles. The van der Waals surface area contributed by atoms with Crippen molar-refractivity contribution in [1.82, 2.24) is 10.3 Å². The Hall–Kier alpha value is -1.98. The van der Waals surface area contributed by atoms with Crippen LogP contribution in [-0.4, -0.2) is 24.7 Å². The Morgan fingerprint density at radius 3 is 3.21 bits per heavy atom. The zero-order valence-electron chi connectivity index (χ0n) is 7.69. The number of amides is 1. The second-order valence-corrected chi connectivity index (χ2v) is 2.38. The number of anilines is 1. The highest BCUT2D eigenvalue weighted by molar-refractivity contribution is 5.67. The van der Waals surface area contributed by atoms with E-state index in [0.29, 0.717) is 12.3 Å². The number of ether oxygens (including phenoxy) is 1. The molecule has 0 saturated carbocycles. The third-order valence-electron chi connectivity index (χ3n) is 1.37. The Morgan fingerprint density at radius 2 is 2.64 bits per heavy atom. The van der Waals surface area contributed by atoms with E-state index >= 15 is 0 Å². The fraction of sp³-hybridized carbons (Fsp3) is 0.250. The topological polar surface area (TPSA) is 90.4 Å². The summed E-state index contributed by atoms with van der Waals surface area (Å²) in [6.45, 7) is 0.354. The first-order valence-corrected chi connectivity index (χ1v) is 3.92. The van der Waals surface area contributed by atoms with Crippen LogP contribution >= 0.6 is 0 Å². The van der Waals surface area contributed by atoms with Crippen molar-refractivity contribution < 1.29 is 13.9 Å². The van der Waals surface area contributed by atoms with Crippen molar-refractivity contribution >= 4 is 18.2 Å². The van der Waals surface area contributed by atoms with Crippen LogP contribution in [0.1, 0.15) is 5.76 Å². The number of hydrogen-bond acceptors (Lipinski definition) is 5. The first kappa shape index (κ1) is 10.1. The average molecular weight is 197 g/mol. The van der Waals surface area contributed by atoms with Crippen molar-refractivity contribution in [2.45, 2.75) is 0 Å². The van der Waals surface area contributed by atoms with E-state index in [-0.39, 0.29) is 6.01 Å². The molecule has 6 nitrogen and oxygen atoms in total. The Labute approximate surface area is 80.7 Å². The molecule has 0 radical (unpaired) electrons. The number of nitrogens with one attached hydrogen (secondary N) is 1. The van der Waals surface area contributed by atoms with Crippen LogP contribution in [0.25, 0.3) is 6.08 Å². The molecule has 76 valence electrons. The summed E-state index contributed by atoms with van der Waals surface area (Å²) in [5, 5.41) is 2.47. The van der Waals surface area contributed by atoms with Crippen molar-refractivity contribution in [2.24, 2.45) is 0 Å². The summed E-state index contributed by atoms with van der Waals surface area (Å²) in [4.78, 5) is 14.3. The summed E-state index contributed by atoms with van der Waals surface area (Å²) in [5.74, 6) is 0.536. The van der Waals surface area contributed by atoms with Crippen molar-refractivity contribution in [2.75, 3.05) is 19.4 Å². The summed E-state index contributed by atoms with van der Waals surface area (Å²) in [6.07, 6.45) is 4.35. The molecule has 0 unspecified atom stereocenters. The van der Waals surface area contributed by atoms with Gasteiger partial charge < -0.3 is 20.2 Å². The number of rotatable bonds is 3. The molecule has 1 amide bonds. The van der Waals surface area contributed by atoms with Gasteiger partial charge in [-0.2, -0.15) is 0 Å². The molecule has 0 atom stereocenters. The van der Waals surface area contributed by atoms with Gasteiger partial charge in [-0.3, -0.25) is 0 Å². The molecule has 1 aromatic rings. The number of hydrogen-bond donors (Lipinski definition) is 2. The monoisotopic (exact) mass is 197 g/mol. The third kappa shape index (κ3) is 3.18. The van der Waals surface area contributed by atoms with Gasteiger partial charge in [0.15, 0.2) is 0 Å². The summed E-state index contributed by atoms with van der Waals surface area (Å²) in [5.41, 5.74) is 5.25. The highest BCUT2D eigenvalue weighted by Gasteiger charge is 1.95. The molecule has 6 heteroatoms. The molecule has 1 heterocycles. The zero-order valence-corrected chi connectivity index (χ0v) is 7.69. The minimum Gasteiger partial charge on any atom is -0.453 e. The first-order chi connectivity index (χ1) is 6.72. The van der Waals surface area contributed by atoms with Crippen molar-refractivity contribution in [3.05, 3.63) is 18.0 Å². The van der Waals surface area contributed by atoms with Crippen LogP contribution in [0, 0.1) is 0 Å². The van der Waals surface area contributed by atoms with E-state index in [1.54, 1.807) is 12.2 Å². The maximum absolute atomic E-state index is 10.6. The van der Waals surface area contributed by atoms with E-state index < -0.39 is 6.09 Å². The van der Waals surface area contributed by atoms with E-state index in [1.165, 1.54) is 13.3 Å². The SMILES string of the molecule is COC(=O)NC/C=C/c1cnc(N)o1. The minimum atomic E-state index is -0.480. The molecule has 0 fully saturated rings. The summed E-state index contributed by atoms with van der Waals surface area (Å²) < 4.78 is 9.32. The third-order valence-corrected chi connectivity index (χ3v) is 1.37. The van der Waals surface area contributed by atoms with Gasteiger partial charge in [-0.25, -0.2) is 9.78 Å². The number of nitrogens with zero attached hydrogens (tertiary/aromatic N) is 1. The maximum atomic E-state index is 10.6. The number of methoxy groups -OCH3 is 1. The highest BCUT2D eigenvalue weighted by atomic mass is 16.5. The fourth-order valence-electron chi connectivity index (χ4n) is 0.767. The Bertz CT molecular complexity index is 332. The normalized spacial score (nSPS) is 10.4. The number of aromatic nitrogens is 1. The van der Waals surface area contributed by atoms with E-state index in [0.717, 1.165) is 0 Å². The van der Waals surface area contributed by atoms with Crippen molar-refractivity contribution in [1.29, 1.82) is 0 Å². The number of oxazole rings is 1. The van der Waals surface area contributed by atoms with E-state index in [1.807, 2.05) is 0 Å². The molecule has 14 heavy (non-hydrogen) atoms. The molecule has 0 aromatic carbocycles. The van der Waals surface area contributed by atoms with Crippen LogP contribution < -0.4 is 11.1 Å². The van der Waals surface area contributed by atoms with Crippen LogP contribution in [0.2, 0.25) is 0 Å². The van der Waals surface area contributed by atoms with Crippen molar-refractivity contribution in [3.63, 3.8) is 0 Å². The lowest BCUT2D eigenvalue weighted by atomic mass is 10.4. The Balaban J connectivity index is 2.31. The summed E-state index contributed by atoms with van der Waals surface area (Å²) in [6, 6.07) is 0.116. The van der Waals surface area contributed by atoms with Gasteiger partial charge in [0.05, 0.1) is 13.3 Å². The lowest BCUT2D eigenvalue weighted by Crippen LogP contribution is -2.22. The minimum absolute atomic E-state index is 0.116. The number of carbonyl (C=O) groups excluding carboxylic acids is 1. The maximum Gasteiger partial charge on any atom is 0.407 e. The second-order valence-electron chi connectivity index (χ2n) is 2.38. The van der Waals surface area contributed by atoms with Crippen LogP contribution in [0.3, 0.4) is 0 Å². The molecule has 0 saturated heterocycles. The molecule has 0 aliphatic rings. The largest absolute Gasteiger partial charge is 0.453 e. The molecule has 0 aliphatic carbocycles. The molecule has 1 rings (SSSR count). The second kappa shape index (κ2) is 4.90. The van der Waals surface area contributed by atoms with Gasteiger partial charge in [-0.05, 0) is 6.08 Å². The Morgan fingerprint density at radius 1 is 1.86 bits per heavy atom. The van der Waals surface area contributed by atoms with Gasteiger partial charge in [-0.15, -0.1) is 0 Å². The highest BCUT2D eigenvalue weighted by Crippen LogP contribution is 2.05. The van der Waals surface area contributed by atoms with Crippen LogP contribution in [0.5, 0.6) is 0 Å². The van der Waals surface area contributed by atoms with Crippen LogP contribution in [-0.2, 0) is 4.74 Å². The lowest BCUT2D eigenvalue weighted by molar-refractivity contribution is 0.172. The van der Waals surface area contributed by atoms with Gasteiger partial charge in [-0.1, -0.05) is 6.08 Å². The number of carbonyl (C=O) groups is 1. The quantitative estimate of drug-likeness (QED) is 0.741. The predicted octanol–water partition coefficient (Wildman–Crippen LogP) is 0.626. The van der Waals surface area contributed by atoms with E-state index in [4.69, 9.17) is 10.2 Å². The van der Waals surface area contributed by atoms with E-state index in [2.05, 4.69) is 15.0 Å². The molecular weight excluding hydrogens is 186 g/mol. The standard InChI is InChI=1S/C8H11N3O3/c1-13-8(12)10-4-2-3-6-5-11-7(9)14-6/h2-3,5H,4H2,1H3,(H2,9,11)(H,10,12)/b3-2+. The van der Waals surface area contributed by atoms with Gasteiger partial charge in [0.1, 0.15) is 5.76 Å². The first-order valence-electron chi connectivity index (χ1n) is 3.92. The zero-order chi connectivity index (χ0) is 10.4. The summed E-state index contributed by atoms with van der Waals surface area (Å²) in [7, 11) is 1.30. The molecule has 1 aromatic heterocycles. The van der Waals surface area contributed by atoms with Crippen LogP contribution in [0.4, 0.5) is 10.8 Å². The van der Waals surface area contributed by atoms with Crippen molar-refractivity contribution in [3.8, 4) is 0 Å². The van der Waals surface area contributed by atoms with Gasteiger partial charge >= 0.3 is 6.09 Å². The van der Waals surface area contributed by atoms with E-state index in [9.17, 15) is 4.79 Å². The predicted molar refractivity (Wildman–Crippen MR) is 50.4 cm³/mol. The number of alkyl carbamates (subject to hydrolysis) is 1. The average Bonchev–Trinajstić information content (AvgIpc) is 2.58. The fourth-order valence-corrected chi connectivity index (χ4v) is 0.767. The number of nitrogen functional groups attached to an aromatic ring is 1. The molecular formula is C8H11N3O3. The molecule has 0 bridgehead atoms. The van der Waals surface area contributed by atoms with Gasteiger partial charge in [0.25, 0.3) is 6.01 Å². The molecule has 0 spiro atoms.